The summed E-state index contributed by atoms with van der Waals surface area (Å²) in [4.78, 5) is 10.8. The number of nitrogens with zero attached hydrogens (tertiary/aromatic N) is 4. The molecule has 0 amide bonds. The van der Waals surface area contributed by atoms with Crippen LogP contribution in [0.4, 0.5) is 0 Å². The van der Waals surface area contributed by atoms with Crippen LogP contribution in [0.3, 0.4) is 0 Å². The molecule has 2 atom stereocenters. The number of nitrogens with two attached hydrogens (primary N) is 4. The summed E-state index contributed by atoms with van der Waals surface area (Å²) >= 11 is 0. The standard InChI is InChI=1S/C46H94N4.C44H90N4/c1-5-7-9-11-13-15-17-19-21-23-25-27-29-31-33-35-37-49(43-45(3)41-47)39-40-50(44-46(4)42-48)38-36-34-32-30-28-26-24-22-20-18-16-14-12-10-8-6-2;1-3-5-7-9-11-13-15-17-19-21-23-25-27-29-31-33-39-47(41-35-37-45)43-44-48(42-36-38-46)40-34-32-30-28-26-24-22-20-18-16-14-12-10-8-6-4-2/h19-22,45-46H,5-18,23-44,47-48H2,1-4H3;17-20H,3-16,21-46H2,1-2H3. The molecule has 584 valence electrons. The normalized spacial score (nSPS) is 12.9. The van der Waals surface area contributed by atoms with Gasteiger partial charge in [-0.25, -0.2) is 0 Å². The van der Waals surface area contributed by atoms with E-state index in [1.165, 1.54) is 412 Å². The highest BCUT2D eigenvalue weighted by molar-refractivity contribution is 4.84. The fourth-order valence-corrected chi connectivity index (χ4v) is 13.8. The molecule has 0 rings (SSSR count). The van der Waals surface area contributed by atoms with Crippen molar-refractivity contribution in [3.63, 3.8) is 0 Å². The van der Waals surface area contributed by atoms with Gasteiger partial charge in [0.25, 0.3) is 0 Å². The number of rotatable bonds is 82. The van der Waals surface area contributed by atoms with Crippen LogP contribution in [0.2, 0.25) is 0 Å². The molecule has 0 aromatic rings. The Morgan fingerprint density at radius 1 is 0.194 bits per heavy atom. The number of hydrogen-bond donors (Lipinski definition) is 4. The summed E-state index contributed by atoms with van der Waals surface area (Å²) in [5.74, 6) is 1.13. The zero-order chi connectivity index (χ0) is 71.4. The van der Waals surface area contributed by atoms with Crippen molar-refractivity contribution < 1.29 is 0 Å². The van der Waals surface area contributed by atoms with Gasteiger partial charge in [0.05, 0.1) is 0 Å². The van der Waals surface area contributed by atoms with Gasteiger partial charge in [0.15, 0.2) is 0 Å². The Balaban J connectivity index is 0. The average molecular weight is 1380 g/mol. The van der Waals surface area contributed by atoms with Crippen LogP contribution in [0.25, 0.3) is 0 Å². The zero-order valence-electron chi connectivity index (χ0n) is 68.2. The average Bonchev–Trinajstić information content (AvgIpc) is 2.73. The topological polar surface area (TPSA) is 117 Å². The van der Waals surface area contributed by atoms with Crippen LogP contribution in [0.5, 0.6) is 0 Å². The smallest absolute Gasteiger partial charge is 0.0109 e. The van der Waals surface area contributed by atoms with Gasteiger partial charge in [-0.3, -0.25) is 0 Å². The molecule has 0 saturated heterocycles. The van der Waals surface area contributed by atoms with Crippen LogP contribution in [0.1, 0.15) is 414 Å². The molecule has 0 spiro atoms. The maximum Gasteiger partial charge on any atom is 0.0109 e. The van der Waals surface area contributed by atoms with Crippen LogP contribution < -0.4 is 22.9 Å². The summed E-state index contributed by atoms with van der Waals surface area (Å²) < 4.78 is 0. The molecular formula is C90H184N8. The lowest BCUT2D eigenvalue weighted by Crippen LogP contribution is -2.41. The van der Waals surface area contributed by atoms with Gasteiger partial charge in [-0.15, -0.1) is 0 Å². The fraction of sp³-hybridized carbons (Fsp3) is 0.911. The number of allylic oxidation sites excluding steroid dienone is 8. The third-order valence-electron chi connectivity index (χ3n) is 20.7. The predicted molar refractivity (Wildman–Crippen MR) is 447 cm³/mol. The highest BCUT2D eigenvalue weighted by Crippen LogP contribution is 2.17. The summed E-state index contributed by atoms with van der Waals surface area (Å²) in [5, 5.41) is 0. The second-order valence-electron chi connectivity index (χ2n) is 31.0. The Kier molecular flexibility index (Phi) is 88.7. The molecule has 0 aromatic heterocycles. The molecule has 98 heavy (non-hydrogen) atoms. The molecule has 0 heterocycles. The molecule has 2 unspecified atom stereocenters. The van der Waals surface area contributed by atoms with Crippen molar-refractivity contribution in [3.05, 3.63) is 48.6 Å². The molecule has 0 bridgehead atoms. The number of hydrogen-bond acceptors (Lipinski definition) is 8. The maximum absolute atomic E-state index is 6.07. The lowest BCUT2D eigenvalue weighted by Gasteiger charge is -2.30. The van der Waals surface area contributed by atoms with Crippen molar-refractivity contribution in [1.29, 1.82) is 0 Å². The summed E-state index contributed by atoms with van der Waals surface area (Å²) in [5.41, 5.74) is 23.9. The van der Waals surface area contributed by atoms with E-state index in [2.05, 4.69) is 110 Å². The van der Waals surface area contributed by atoms with E-state index < -0.39 is 0 Å². The van der Waals surface area contributed by atoms with Gasteiger partial charge >= 0.3 is 0 Å². The van der Waals surface area contributed by atoms with E-state index in [0.29, 0.717) is 11.8 Å². The van der Waals surface area contributed by atoms with E-state index in [1.54, 1.807) is 0 Å². The highest BCUT2D eigenvalue weighted by Gasteiger charge is 2.15. The minimum absolute atomic E-state index is 0.566. The van der Waals surface area contributed by atoms with E-state index in [-0.39, 0.29) is 0 Å². The van der Waals surface area contributed by atoms with Gasteiger partial charge in [0.1, 0.15) is 0 Å². The van der Waals surface area contributed by atoms with E-state index in [1.807, 2.05) is 0 Å². The first-order valence-electron chi connectivity index (χ1n) is 44.6. The van der Waals surface area contributed by atoms with Crippen LogP contribution in [-0.2, 0) is 0 Å². The van der Waals surface area contributed by atoms with Crippen LogP contribution in [0.15, 0.2) is 48.6 Å². The summed E-state index contributed by atoms with van der Waals surface area (Å²) in [6, 6.07) is 0. The number of unbranched alkanes of at least 4 members (excludes halogenated alkanes) is 48. The molecule has 0 aliphatic heterocycles. The minimum Gasteiger partial charge on any atom is -0.330 e. The molecule has 0 aliphatic rings. The van der Waals surface area contributed by atoms with Crippen molar-refractivity contribution in [1.82, 2.24) is 19.6 Å². The third-order valence-corrected chi connectivity index (χ3v) is 20.7. The first-order valence-corrected chi connectivity index (χ1v) is 44.6. The van der Waals surface area contributed by atoms with Gasteiger partial charge in [-0.1, -0.05) is 321 Å². The van der Waals surface area contributed by atoms with Crippen LogP contribution in [-0.4, -0.2) is 124 Å². The molecule has 8 nitrogen and oxygen atoms in total. The van der Waals surface area contributed by atoms with Crippen LogP contribution >= 0.6 is 0 Å². The minimum atomic E-state index is 0.566. The Hall–Kier alpha value is -1.36. The van der Waals surface area contributed by atoms with Crippen molar-refractivity contribution >= 4 is 0 Å². The predicted octanol–water partition coefficient (Wildman–Crippen LogP) is 25.2. The van der Waals surface area contributed by atoms with Gasteiger partial charge < -0.3 is 42.5 Å². The van der Waals surface area contributed by atoms with Gasteiger partial charge in [0.2, 0.25) is 0 Å². The monoisotopic (exact) mass is 1380 g/mol. The lowest BCUT2D eigenvalue weighted by molar-refractivity contribution is 0.171. The van der Waals surface area contributed by atoms with Crippen molar-refractivity contribution in [2.45, 2.75) is 414 Å². The van der Waals surface area contributed by atoms with Crippen molar-refractivity contribution in [3.8, 4) is 0 Å². The molecule has 0 aromatic carbocycles. The summed E-state index contributed by atoms with van der Waals surface area (Å²) in [7, 11) is 0. The maximum atomic E-state index is 6.07. The molecule has 0 aliphatic carbocycles. The SMILES string of the molecule is CCCCCCCCC=CCCCCCCCCN(CCCN)CCN(CCCN)CCCCCCCCC=CCCCCCCCC.CCCCCCCCC=CCCCCCCCCN(CCN(CCCCCCCCC=CCCCCCCCC)CC(C)CN)CC(C)CN. The van der Waals surface area contributed by atoms with E-state index in [9.17, 15) is 0 Å². The van der Waals surface area contributed by atoms with Crippen molar-refractivity contribution in [2.75, 3.05) is 105 Å². The Labute approximate surface area is 618 Å². The molecule has 0 fully saturated rings. The highest BCUT2D eigenvalue weighted by atomic mass is 15.2. The largest absolute Gasteiger partial charge is 0.330 e. The third kappa shape index (κ3) is 81.9. The molecule has 0 saturated carbocycles. The molecular weight excluding hydrogens is 1190 g/mol. The molecule has 8 heteroatoms. The van der Waals surface area contributed by atoms with Crippen LogP contribution in [0, 0.1) is 11.8 Å². The van der Waals surface area contributed by atoms with E-state index >= 15 is 0 Å². The first kappa shape index (κ1) is 98.7. The Morgan fingerprint density at radius 3 is 0.551 bits per heavy atom. The molecule has 0 radical (unpaired) electrons. The lowest BCUT2D eigenvalue weighted by atomic mass is 10.1. The summed E-state index contributed by atoms with van der Waals surface area (Å²) in [6.07, 6.45) is 98.6. The summed E-state index contributed by atoms with van der Waals surface area (Å²) in [6.45, 7) is 31.2. The first-order chi connectivity index (χ1) is 48.3. The van der Waals surface area contributed by atoms with E-state index in [0.717, 1.165) is 65.2 Å². The zero-order valence-corrected chi connectivity index (χ0v) is 68.2. The fourth-order valence-electron chi connectivity index (χ4n) is 13.8. The second-order valence-corrected chi connectivity index (χ2v) is 31.0. The Morgan fingerprint density at radius 2 is 0.357 bits per heavy atom. The van der Waals surface area contributed by atoms with Crippen molar-refractivity contribution in [2.24, 2.45) is 34.8 Å². The molecule has 8 N–H and O–H groups in total. The Bertz CT molecular complexity index is 1440. The van der Waals surface area contributed by atoms with Gasteiger partial charge in [0, 0.05) is 39.3 Å². The van der Waals surface area contributed by atoms with Gasteiger partial charge in [-0.2, -0.15) is 0 Å². The van der Waals surface area contributed by atoms with E-state index in [4.69, 9.17) is 22.9 Å². The quantitative estimate of drug-likeness (QED) is 0.0351. The van der Waals surface area contributed by atoms with Gasteiger partial charge in [-0.05, 0) is 219 Å². The second kappa shape index (κ2) is 88.0.